The normalized spacial score (nSPS) is 19.4. The lowest BCUT2D eigenvalue weighted by Gasteiger charge is -2.33. The van der Waals surface area contributed by atoms with E-state index < -0.39 is 10.0 Å². The fraction of sp³-hybridized carbons (Fsp3) is 0.500. The average molecular weight is 490 g/mol. The Morgan fingerprint density at radius 2 is 1.79 bits per heavy atom. The number of carbonyl (C=O) groups excluding carboxylic acids is 1. The van der Waals surface area contributed by atoms with Crippen molar-refractivity contribution in [2.24, 2.45) is 5.92 Å². The van der Waals surface area contributed by atoms with E-state index in [0.717, 1.165) is 32.4 Å². The molecular weight excluding hydrogens is 458 g/mol. The highest BCUT2D eigenvalue weighted by Crippen LogP contribution is 2.27. The van der Waals surface area contributed by atoms with Crippen LogP contribution in [0.3, 0.4) is 0 Å². The van der Waals surface area contributed by atoms with E-state index in [1.165, 1.54) is 27.8 Å². The summed E-state index contributed by atoms with van der Waals surface area (Å²) in [5, 5.41) is 0.376. The lowest BCUT2D eigenvalue weighted by atomic mass is 9.90. The van der Waals surface area contributed by atoms with Crippen molar-refractivity contribution in [1.29, 1.82) is 0 Å². The van der Waals surface area contributed by atoms with Crippen LogP contribution in [-0.2, 0) is 26.0 Å². The van der Waals surface area contributed by atoms with Gasteiger partial charge in [0.25, 0.3) is 0 Å². The fourth-order valence-corrected chi connectivity index (χ4v) is 6.54. The highest BCUT2D eigenvalue weighted by atomic mass is 32.2. The molecule has 0 N–H and O–H groups in total. The van der Waals surface area contributed by atoms with Gasteiger partial charge in [0.2, 0.25) is 15.9 Å². The van der Waals surface area contributed by atoms with E-state index in [9.17, 15) is 13.2 Å². The molecule has 0 bridgehead atoms. The number of piperidine rings is 1. The van der Waals surface area contributed by atoms with Crippen molar-refractivity contribution in [2.75, 3.05) is 39.4 Å². The lowest BCUT2D eigenvalue weighted by Crippen LogP contribution is -2.42. The first-order valence-electron chi connectivity index (χ1n) is 11.5. The zero-order valence-corrected chi connectivity index (χ0v) is 20.6. The molecule has 9 heteroatoms. The minimum absolute atomic E-state index is 0.116. The van der Waals surface area contributed by atoms with Gasteiger partial charge in [0.05, 0.1) is 23.5 Å². The SMILES string of the molecule is CC(Sc1ccc(S(=O)(=O)N2CCOCC2)cn1)C(=O)N1CCC(Cc2ccccc2)CC1. The molecule has 7 nitrogen and oxygen atoms in total. The van der Waals surface area contributed by atoms with Crippen LogP contribution < -0.4 is 0 Å². The van der Waals surface area contributed by atoms with Crippen LogP contribution in [0.5, 0.6) is 0 Å². The van der Waals surface area contributed by atoms with Gasteiger partial charge >= 0.3 is 0 Å². The molecule has 1 aromatic heterocycles. The topological polar surface area (TPSA) is 79.8 Å². The molecule has 1 amide bonds. The van der Waals surface area contributed by atoms with Crippen LogP contribution in [0, 0.1) is 5.92 Å². The van der Waals surface area contributed by atoms with Gasteiger partial charge in [-0.25, -0.2) is 13.4 Å². The van der Waals surface area contributed by atoms with Crippen molar-refractivity contribution < 1.29 is 17.9 Å². The van der Waals surface area contributed by atoms with Gasteiger partial charge in [0, 0.05) is 32.4 Å². The van der Waals surface area contributed by atoms with E-state index in [4.69, 9.17) is 4.74 Å². The quantitative estimate of drug-likeness (QED) is 0.556. The maximum absolute atomic E-state index is 13.0. The number of benzene rings is 1. The Kier molecular flexibility index (Phi) is 8.06. The Hall–Kier alpha value is -1.94. The number of hydrogen-bond donors (Lipinski definition) is 0. The smallest absolute Gasteiger partial charge is 0.244 e. The molecule has 0 aliphatic carbocycles. The van der Waals surface area contributed by atoms with Crippen molar-refractivity contribution in [3.8, 4) is 0 Å². The number of hydrogen-bond acceptors (Lipinski definition) is 6. The summed E-state index contributed by atoms with van der Waals surface area (Å²) in [6.07, 6.45) is 4.49. The van der Waals surface area contributed by atoms with Crippen LogP contribution in [0.1, 0.15) is 25.3 Å². The Morgan fingerprint density at radius 3 is 2.42 bits per heavy atom. The molecule has 1 unspecified atom stereocenters. The van der Waals surface area contributed by atoms with Crippen molar-refractivity contribution in [3.63, 3.8) is 0 Å². The Labute approximate surface area is 200 Å². The van der Waals surface area contributed by atoms with Crippen LogP contribution in [0.2, 0.25) is 0 Å². The summed E-state index contributed by atoms with van der Waals surface area (Å²) < 4.78 is 32.1. The number of likely N-dealkylation sites (tertiary alicyclic amines) is 1. The molecule has 0 radical (unpaired) electrons. The number of amides is 1. The van der Waals surface area contributed by atoms with Gasteiger partial charge in [-0.05, 0) is 49.8 Å². The Morgan fingerprint density at radius 1 is 1.09 bits per heavy atom. The van der Waals surface area contributed by atoms with Gasteiger partial charge in [0.15, 0.2) is 0 Å². The lowest BCUT2D eigenvalue weighted by molar-refractivity contribution is -0.131. The third-order valence-electron chi connectivity index (χ3n) is 6.26. The first-order valence-corrected chi connectivity index (χ1v) is 13.8. The van der Waals surface area contributed by atoms with Crippen LogP contribution in [0.4, 0.5) is 0 Å². The van der Waals surface area contributed by atoms with E-state index in [2.05, 4.69) is 29.2 Å². The van der Waals surface area contributed by atoms with E-state index in [1.807, 2.05) is 17.9 Å². The van der Waals surface area contributed by atoms with Gasteiger partial charge in [-0.15, -0.1) is 0 Å². The molecule has 2 saturated heterocycles. The number of carbonyl (C=O) groups is 1. The van der Waals surface area contributed by atoms with Gasteiger partial charge < -0.3 is 9.64 Å². The van der Waals surface area contributed by atoms with Crippen LogP contribution in [0.25, 0.3) is 0 Å². The molecule has 0 spiro atoms. The van der Waals surface area contributed by atoms with Crippen LogP contribution >= 0.6 is 11.8 Å². The third kappa shape index (κ3) is 6.15. The molecule has 3 heterocycles. The molecule has 1 atom stereocenters. The number of morpholine rings is 1. The third-order valence-corrected chi connectivity index (χ3v) is 9.18. The zero-order valence-electron chi connectivity index (χ0n) is 18.9. The predicted molar refractivity (Wildman–Crippen MR) is 129 cm³/mol. The second-order valence-electron chi connectivity index (χ2n) is 8.57. The predicted octanol–water partition coefficient (Wildman–Crippen LogP) is 3.06. The van der Waals surface area contributed by atoms with Gasteiger partial charge in [-0.1, -0.05) is 42.1 Å². The summed E-state index contributed by atoms with van der Waals surface area (Å²) in [6, 6.07) is 13.8. The summed E-state index contributed by atoms with van der Waals surface area (Å²) in [4.78, 5) is 19.4. The van der Waals surface area contributed by atoms with E-state index in [1.54, 1.807) is 12.1 Å². The monoisotopic (exact) mass is 489 g/mol. The van der Waals surface area contributed by atoms with E-state index in [-0.39, 0.29) is 16.1 Å². The molecule has 178 valence electrons. The standard InChI is InChI=1S/C24H31N3O4S2/c1-19(24(28)26-11-9-21(10-12-26)17-20-5-3-2-4-6-20)32-23-8-7-22(18-25-23)33(29,30)27-13-15-31-16-14-27/h2-8,18-19,21H,9-17H2,1H3. The summed E-state index contributed by atoms with van der Waals surface area (Å²) >= 11 is 1.37. The zero-order chi connectivity index (χ0) is 23.3. The molecule has 2 aliphatic rings. The van der Waals surface area contributed by atoms with Crippen molar-refractivity contribution >= 4 is 27.7 Å². The highest BCUT2D eigenvalue weighted by molar-refractivity contribution is 8.00. The Bertz CT molecular complexity index is 1020. The molecule has 2 aliphatic heterocycles. The molecule has 2 fully saturated rings. The average Bonchev–Trinajstić information content (AvgIpc) is 2.85. The Balaban J connectivity index is 1.28. The molecular formula is C24H31N3O4S2. The first-order chi connectivity index (χ1) is 15.9. The van der Waals surface area contributed by atoms with Crippen molar-refractivity contribution in [2.45, 2.75) is 41.4 Å². The second-order valence-corrected chi connectivity index (χ2v) is 11.9. The molecule has 2 aromatic rings. The molecule has 33 heavy (non-hydrogen) atoms. The van der Waals surface area contributed by atoms with Crippen LogP contribution in [-0.4, -0.2) is 73.2 Å². The largest absolute Gasteiger partial charge is 0.379 e. The minimum atomic E-state index is -3.56. The fourth-order valence-electron chi connectivity index (χ4n) is 4.32. The maximum atomic E-state index is 13.0. The summed E-state index contributed by atoms with van der Waals surface area (Å²) in [7, 11) is -3.56. The summed E-state index contributed by atoms with van der Waals surface area (Å²) in [5.41, 5.74) is 1.36. The summed E-state index contributed by atoms with van der Waals surface area (Å²) in [6.45, 7) is 4.98. The molecule has 4 rings (SSSR count). The summed E-state index contributed by atoms with van der Waals surface area (Å²) in [5.74, 6) is 0.729. The van der Waals surface area contributed by atoms with Gasteiger partial charge in [-0.3, -0.25) is 4.79 Å². The number of pyridine rings is 1. The number of aromatic nitrogens is 1. The molecule has 1 aromatic carbocycles. The molecule has 0 saturated carbocycles. The minimum Gasteiger partial charge on any atom is -0.379 e. The number of thioether (sulfide) groups is 1. The number of rotatable bonds is 7. The van der Waals surface area contributed by atoms with Crippen LogP contribution in [0.15, 0.2) is 58.6 Å². The van der Waals surface area contributed by atoms with Gasteiger partial charge in [0.1, 0.15) is 4.90 Å². The van der Waals surface area contributed by atoms with E-state index >= 15 is 0 Å². The number of ether oxygens (including phenoxy) is 1. The van der Waals surface area contributed by atoms with E-state index in [0.29, 0.717) is 37.2 Å². The van der Waals surface area contributed by atoms with Gasteiger partial charge in [-0.2, -0.15) is 4.31 Å². The number of sulfonamides is 1. The maximum Gasteiger partial charge on any atom is 0.244 e. The van der Waals surface area contributed by atoms with Crippen molar-refractivity contribution in [3.05, 3.63) is 54.2 Å². The second kappa shape index (κ2) is 11.0. The number of nitrogens with zero attached hydrogens (tertiary/aromatic N) is 3. The first kappa shape index (κ1) is 24.2. The highest BCUT2D eigenvalue weighted by Gasteiger charge is 2.28. The van der Waals surface area contributed by atoms with Crippen molar-refractivity contribution in [1.82, 2.24) is 14.2 Å².